The molecule has 9 heterocycles. The highest BCUT2D eigenvalue weighted by Crippen LogP contribution is 2.34. The third kappa shape index (κ3) is 33.0. The molecule has 716 valence electrons. The lowest BCUT2D eigenvalue weighted by Gasteiger charge is -2.37. The summed E-state index contributed by atoms with van der Waals surface area (Å²) in [6.45, 7) is 68.0. The Balaban J connectivity index is 0.000000167. The molecule has 8 fully saturated rings. The molecule has 1 aromatic heterocycles. The van der Waals surface area contributed by atoms with Gasteiger partial charge in [0.15, 0.2) is 0 Å². The molecule has 130 heavy (non-hydrogen) atoms. The summed E-state index contributed by atoms with van der Waals surface area (Å²) < 4.78 is 13.8. The number of piperidine rings is 1. The van der Waals surface area contributed by atoms with Gasteiger partial charge in [0.05, 0.1) is 31.9 Å². The highest BCUT2D eigenvalue weighted by atomic mass is 35.5. The fourth-order valence-corrected chi connectivity index (χ4v) is 18.4. The monoisotopic (exact) mass is 1800 g/mol. The number of aromatic nitrogens is 1. The molecular formula is C109H168ClFN16O3. The molecule has 0 aliphatic carbocycles. The molecule has 8 aliphatic rings. The van der Waals surface area contributed by atoms with E-state index in [-0.39, 0.29) is 43.6 Å². The van der Waals surface area contributed by atoms with E-state index in [4.69, 9.17) is 11.6 Å². The van der Waals surface area contributed by atoms with Gasteiger partial charge in [0.1, 0.15) is 11.6 Å². The summed E-state index contributed by atoms with van der Waals surface area (Å²) in [6, 6.07) is 57.4. The fraction of sp³-hybridized carbons (Fsp3) is 0.569. The smallest absolute Gasteiger partial charge is 0.128 e. The van der Waals surface area contributed by atoms with Gasteiger partial charge in [-0.05, 0) is 233 Å². The molecule has 0 amide bonds. The van der Waals surface area contributed by atoms with Crippen LogP contribution in [0.25, 0.3) is 0 Å². The zero-order valence-electron chi connectivity index (χ0n) is 82.8. The Morgan fingerprint density at radius 3 is 1.06 bits per heavy atom. The third-order valence-electron chi connectivity index (χ3n) is 26.5. The molecule has 0 radical (unpaired) electrons. The quantitative estimate of drug-likeness (QED) is 0.0366. The number of aliphatic hydroxyl groups excluding tert-OH is 3. The molecule has 0 spiro atoms. The highest BCUT2D eigenvalue weighted by molar-refractivity contribution is 6.31. The average molecular weight is 1810 g/mol. The van der Waals surface area contributed by atoms with Crippen LogP contribution in [0.4, 0.5) is 44.3 Å². The predicted molar refractivity (Wildman–Crippen MR) is 555 cm³/mol. The summed E-state index contributed by atoms with van der Waals surface area (Å²) in [4.78, 5) is 21.0. The van der Waals surface area contributed by atoms with E-state index in [0.717, 1.165) is 204 Å². The van der Waals surface area contributed by atoms with Crippen LogP contribution in [-0.4, -0.2) is 228 Å². The van der Waals surface area contributed by atoms with Crippen LogP contribution in [-0.2, 0) is 6.61 Å². The summed E-state index contributed by atoms with van der Waals surface area (Å²) in [6.07, 6.45) is 4.38. The summed E-state index contributed by atoms with van der Waals surface area (Å²) in [5.41, 5.74) is 21.6. The normalized spacial score (nSPS) is 18.6. The standard InChI is InChI=1S/C15H23NO.2C14H22N2O.2C14H22N2.C13H19ClN2.C13H19FN2.C12H19N3/c1-11(2)13-3-4-15(14(9-13)10-17)12-5-7-16-8-6-12;2*1-11(2)12-3-5-13(6-4-12)16-8-7-15-9-14(16)10-17;1-11(2)13-4-6-14(7-5-13)16-9-8-15-10-12(16)3;1-11(2)14-5-4-13(10-12(14)3)16-8-6-15-7-9-16;2*1-10(2)12-4-3-11(9-13(12)14)16-7-5-15-6-8-16;1-10(2)11-3-4-12(14-9-11)15-7-5-13-6-8-15/h3-4,9,11-12,16-17H,5-8,10H2,1-2H3;2*3-6,11,14-15,17H,7-10H2,1-2H3;4-7,11-12,15H,8-10H2,1-3H3;4-5,10-11,15H,6-9H2,1-3H3;2*3-4,9-10,15H,5-8H2,1-2H3;3-4,9-10,13H,5-8H2,1-2H3/t;2*14-;;;;;/m.10...../s1. The Labute approximate surface area is 789 Å². The van der Waals surface area contributed by atoms with E-state index in [1.807, 2.05) is 32.2 Å². The molecule has 16 rings (SSSR count). The fourth-order valence-electron chi connectivity index (χ4n) is 18.0. The molecule has 7 aromatic carbocycles. The first-order chi connectivity index (χ1) is 62.7. The van der Waals surface area contributed by atoms with Crippen molar-refractivity contribution in [1.82, 2.24) is 47.5 Å². The molecule has 0 bridgehead atoms. The maximum Gasteiger partial charge on any atom is 0.128 e. The molecule has 21 heteroatoms. The highest BCUT2D eigenvalue weighted by Gasteiger charge is 2.26. The summed E-state index contributed by atoms with van der Waals surface area (Å²) in [5.74, 6) is 5.87. The summed E-state index contributed by atoms with van der Waals surface area (Å²) in [7, 11) is 0. The predicted octanol–water partition coefficient (Wildman–Crippen LogP) is 17.9. The van der Waals surface area contributed by atoms with Crippen LogP contribution in [0.2, 0.25) is 5.02 Å². The van der Waals surface area contributed by atoms with Crippen molar-refractivity contribution in [2.45, 2.75) is 215 Å². The number of nitrogens with zero attached hydrogens (tertiary/aromatic N) is 8. The van der Waals surface area contributed by atoms with Crippen molar-refractivity contribution in [1.29, 1.82) is 0 Å². The number of benzene rings is 7. The number of hydrogen-bond donors (Lipinski definition) is 11. The van der Waals surface area contributed by atoms with Gasteiger partial charge < -0.3 is 92.2 Å². The Kier molecular flexibility index (Phi) is 45.3. The number of hydrogen-bond acceptors (Lipinski definition) is 19. The van der Waals surface area contributed by atoms with Gasteiger partial charge in [-0.25, -0.2) is 9.37 Å². The van der Waals surface area contributed by atoms with Gasteiger partial charge in [0.2, 0.25) is 0 Å². The van der Waals surface area contributed by atoms with Gasteiger partial charge in [-0.2, -0.15) is 0 Å². The third-order valence-corrected chi connectivity index (χ3v) is 26.8. The first kappa shape index (κ1) is 106. The largest absolute Gasteiger partial charge is 0.394 e. The van der Waals surface area contributed by atoms with Crippen LogP contribution in [0.5, 0.6) is 0 Å². The van der Waals surface area contributed by atoms with Gasteiger partial charge in [-0.1, -0.05) is 201 Å². The van der Waals surface area contributed by atoms with Crippen molar-refractivity contribution < 1.29 is 19.7 Å². The maximum absolute atomic E-state index is 13.8. The van der Waals surface area contributed by atoms with Crippen molar-refractivity contribution in [3.63, 3.8) is 0 Å². The number of aliphatic hydroxyl groups is 3. The number of pyridine rings is 1. The topological polar surface area (TPSA) is 192 Å². The lowest BCUT2D eigenvalue weighted by Crippen LogP contribution is -2.53. The zero-order chi connectivity index (χ0) is 93.6. The minimum Gasteiger partial charge on any atom is -0.394 e. The number of aryl methyl sites for hydroxylation is 1. The SMILES string of the molecule is CC(C)c1ccc(C2CCNCC2)c(CO)c1.CC(C)c1ccc(N2CCNCC2)cc1Cl.CC(C)c1ccc(N2CCNCC2)cc1F.CC(C)c1ccc(N2CCNCC2)nc1.CC(C)c1ccc(N2CCNCC2C)cc1.CC(C)c1ccc(N2CCNC[C@@H]2CO)cc1.CC(C)c1ccc(N2CCNC[C@H]2CO)cc1.Cc1cc(N2CCNCC2)ccc1C(C)C. The van der Waals surface area contributed by atoms with Crippen LogP contribution in [0.15, 0.2) is 164 Å². The number of halogens is 2. The summed E-state index contributed by atoms with van der Waals surface area (Å²) in [5, 5.41) is 56.0. The zero-order valence-corrected chi connectivity index (χ0v) is 83.6. The Bertz CT molecular complexity index is 4220. The number of piperazine rings is 7. The van der Waals surface area contributed by atoms with Crippen molar-refractivity contribution in [2.24, 2.45) is 0 Å². The minimum absolute atomic E-state index is 0.0777. The first-order valence-corrected chi connectivity index (χ1v) is 49.9. The number of nitrogens with one attached hydrogen (secondary N) is 8. The van der Waals surface area contributed by atoms with Crippen LogP contribution in [0, 0.1) is 12.7 Å². The van der Waals surface area contributed by atoms with E-state index < -0.39 is 0 Å². The van der Waals surface area contributed by atoms with Crippen molar-refractivity contribution in [3.05, 3.63) is 236 Å². The molecule has 11 N–H and O–H groups in total. The van der Waals surface area contributed by atoms with E-state index in [2.05, 4.69) is 332 Å². The van der Waals surface area contributed by atoms with Gasteiger partial charge in [-0.15, -0.1) is 0 Å². The Morgan fingerprint density at radius 1 is 0.346 bits per heavy atom. The van der Waals surface area contributed by atoms with E-state index in [9.17, 15) is 19.7 Å². The van der Waals surface area contributed by atoms with Crippen molar-refractivity contribution in [3.8, 4) is 0 Å². The molecule has 19 nitrogen and oxygen atoms in total. The van der Waals surface area contributed by atoms with Gasteiger partial charge in [0, 0.05) is 215 Å². The lowest BCUT2D eigenvalue weighted by atomic mass is 9.85. The van der Waals surface area contributed by atoms with E-state index in [1.54, 1.807) is 6.07 Å². The van der Waals surface area contributed by atoms with Crippen LogP contribution < -0.4 is 76.8 Å². The van der Waals surface area contributed by atoms with Crippen LogP contribution in [0.3, 0.4) is 0 Å². The number of rotatable bonds is 19. The molecule has 8 aliphatic heterocycles. The second-order valence-corrected chi connectivity index (χ2v) is 39.1. The first-order valence-electron chi connectivity index (χ1n) is 49.5. The molecule has 0 saturated carbocycles. The van der Waals surface area contributed by atoms with Crippen LogP contribution in [0.1, 0.15) is 245 Å². The van der Waals surface area contributed by atoms with Gasteiger partial charge in [-0.3, -0.25) is 0 Å². The van der Waals surface area contributed by atoms with E-state index in [0.29, 0.717) is 53.4 Å². The van der Waals surface area contributed by atoms with Crippen LogP contribution >= 0.6 is 11.6 Å². The van der Waals surface area contributed by atoms with E-state index >= 15 is 0 Å². The van der Waals surface area contributed by atoms with Gasteiger partial charge in [0.25, 0.3) is 0 Å². The van der Waals surface area contributed by atoms with Gasteiger partial charge >= 0.3 is 0 Å². The molecule has 3 atom stereocenters. The molecule has 1 unspecified atom stereocenters. The second kappa shape index (κ2) is 55.7. The Morgan fingerprint density at radius 2 is 0.692 bits per heavy atom. The van der Waals surface area contributed by atoms with E-state index in [1.165, 1.54) is 91.3 Å². The Hall–Kier alpha value is -7.93. The molecule has 8 saturated heterocycles. The van der Waals surface area contributed by atoms with Crippen molar-refractivity contribution >= 4 is 51.5 Å². The average Bonchev–Trinajstić information content (AvgIpc) is 0.854. The molecule has 8 aromatic rings. The maximum atomic E-state index is 13.8. The second-order valence-electron chi connectivity index (χ2n) is 38.7. The summed E-state index contributed by atoms with van der Waals surface area (Å²) >= 11 is 6.30. The molecular weight excluding hydrogens is 1640 g/mol. The van der Waals surface area contributed by atoms with Crippen molar-refractivity contribution in [2.75, 3.05) is 224 Å². The lowest BCUT2D eigenvalue weighted by molar-refractivity contribution is 0.246. The minimum atomic E-state index is -0.0777. The number of anilines is 7.